The van der Waals surface area contributed by atoms with Crippen molar-refractivity contribution >= 4 is 0 Å². The zero-order valence-corrected chi connectivity index (χ0v) is 8.35. The van der Waals surface area contributed by atoms with Crippen molar-refractivity contribution in [3.05, 3.63) is 35.4 Å². The van der Waals surface area contributed by atoms with Gasteiger partial charge in [0.1, 0.15) is 6.10 Å². The van der Waals surface area contributed by atoms with Crippen LogP contribution in [0.15, 0.2) is 24.3 Å². The summed E-state index contributed by atoms with van der Waals surface area (Å²) in [5.41, 5.74) is 7.54. The maximum absolute atomic E-state index is 9.33. The molecule has 1 rings (SSSR count). The summed E-state index contributed by atoms with van der Waals surface area (Å²) in [6.07, 6.45) is 0.0505. The van der Waals surface area contributed by atoms with Gasteiger partial charge < -0.3 is 15.9 Å². The zero-order valence-electron chi connectivity index (χ0n) is 8.35. The minimum atomic E-state index is -0.778. The first-order valence-corrected chi connectivity index (χ1v) is 4.77. The number of aliphatic hydroxyl groups excluding tert-OH is 2. The highest BCUT2D eigenvalue weighted by atomic mass is 16.3. The summed E-state index contributed by atoms with van der Waals surface area (Å²) in [6, 6.07) is 7.63. The fourth-order valence-corrected chi connectivity index (χ4v) is 1.35. The average molecular weight is 195 g/mol. The number of aliphatic hydroxyl groups is 2. The summed E-state index contributed by atoms with van der Waals surface area (Å²) in [6.45, 7) is 1.71. The Bertz CT molecular complexity index is 269. The van der Waals surface area contributed by atoms with Gasteiger partial charge in [-0.15, -0.1) is 0 Å². The summed E-state index contributed by atoms with van der Waals surface area (Å²) in [4.78, 5) is 0. The summed E-state index contributed by atoms with van der Waals surface area (Å²) >= 11 is 0. The topological polar surface area (TPSA) is 66.5 Å². The molecular weight excluding hydrogens is 178 g/mol. The van der Waals surface area contributed by atoms with Crippen LogP contribution in [0.2, 0.25) is 0 Å². The minimum absolute atomic E-state index is 0.142. The molecule has 0 fully saturated rings. The lowest BCUT2D eigenvalue weighted by molar-refractivity contribution is 0.0956. The van der Waals surface area contributed by atoms with E-state index in [1.165, 1.54) is 0 Å². The van der Waals surface area contributed by atoms with Crippen molar-refractivity contribution in [3.63, 3.8) is 0 Å². The van der Waals surface area contributed by atoms with Gasteiger partial charge in [0.15, 0.2) is 0 Å². The predicted octanol–water partition coefficient (Wildman–Crippen LogP) is 0.602. The van der Waals surface area contributed by atoms with Gasteiger partial charge in [-0.25, -0.2) is 0 Å². The summed E-state index contributed by atoms with van der Waals surface area (Å²) in [5, 5.41) is 18.1. The molecule has 0 saturated heterocycles. The van der Waals surface area contributed by atoms with Gasteiger partial charge in [-0.2, -0.15) is 0 Å². The molecule has 1 aromatic rings. The van der Waals surface area contributed by atoms with Crippen LogP contribution in [0.25, 0.3) is 0 Å². The molecule has 0 heterocycles. The normalized spacial score (nSPS) is 15.1. The molecule has 0 aromatic heterocycles. The molecule has 2 atom stereocenters. The van der Waals surface area contributed by atoms with Gasteiger partial charge >= 0.3 is 0 Å². The van der Waals surface area contributed by atoms with E-state index in [0.717, 1.165) is 17.5 Å². The molecule has 0 aliphatic carbocycles. The lowest BCUT2D eigenvalue weighted by atomic mass is 10.0. The Hall–Kier alpha value is -0.900. The second-order valence-corrected chi connectivity index (χ2v) is 3.62. The highest BCUT2D eigenvalue weighted by molar-refractivity contribution is 5.24. The molecule has 78 valence electrons. The van der Waals surface area contributed by atoms with Crippen LogP contribution < -0.4 is 5.73 Å². The van der Waals surface area contributed by atoms with Gasteiger partial charge in [-0.3, -0.25) is 0 Å². The Kier molecular flexibility index (Phi) is 4.07. The van der Waals surface area contributed by atoms with E-state index in [9.17, 15) is 5.11 Å². The molecular formula is C11H17NO2. The van der Waals surface area contributed by atoms with E-state index in [0.29, 0.717) is 0 Å². The highest BCUT2D eigenvalue weighted by Gasteiger charge is 2.05. The first-order valence-electron chi connectivity index (χ1n) is 4.77. The highest BCUT2D eigenvalue weighted by Crippen LogP contribution is 2.13. The molecule has 0 spiro atoms. The molecule has 3 nitrogen and oxygen atoms in total. The van der Waals surface area contributed by atoms with Gasteiger partial charge in [0.05, 0.1) is 6.61 Å². The second kappa shape index (κ2) is 5.10. The molecule has 4 N–H and O–H groups in total. The third kappa shape index (κ3) is 3.10. The van der Waals surface area contributed by atoms with Gasteiger partial charge in [0.2, 0.25) is 0 Å². The molecule has 0 bridgehead atoms. The largest absolute Gasteiger partial charge is 0.393 e. The fraction of sp³-hybridized carbons (Fsp3) is 0.455. The Morgan fingerprint density at radius 1 is 1.29 bits per heavy atom. The molecule has 2 unspecified atom stereocenters. The van der Waals surface area contributed by atoms with E-state index in [1.54, 1.807) is 0 Å². The predicted molar refractivity (Wildman–Crippen MR) is 55.8 cm³/mol. The first-order chi connectivity index (χ1) is 6.63. The third-order valence-electron chi connectivity index (χ3n) is 2.10. The maximum atomic E-state index is 9.33. The van der Waals surface area contributed by atoms with E-state index < -0.39 is 6.10 Å². The van der Waals surface area contributed by atoms with Crippen molar-refractivity contribution in [2.24, 2.45) is 5.73 Å². The Morgan fingerprint density at radius 2 is 1.86 bits per heavy atom. The van der Waals surface area contributed by atoms with Gasteiger partial charge in [0, 0.05) is 6.04 Å². The van der Waals surface area contributed by atoms with Gasteiger partial charge in [-0.05, 0) is 24.5 Å². The van der Waals surface area contributed by atoms with Crippen LogP contribution in [0.5, 0.6) is 0 Å². The Morgan fingerprint density at radius 3 is 2.29 bits per heavy atom. The van der Waals surface area contributed by atoms with E-state index in [-0.39, 0.29) is 12.6 Å². The molecule has 0 saturated carbocycles. The fourth-order valence-electron chi connectivity index (χ4n) is 1.35. The van der Waals surface area contributed by atoms with Crippen LogP contribution in [-0.4, -0.2) is 22.9 Å². The lowest BCUT2D eigenvalue weighted by Crippen LogP contribution is -2.17. The number of hydrogen-bond donors (Lipinski definition) is 3. The number of hydrogen-bond acceptors (Lipinski definition) is 3. The lowest BCUT2D eigenvalue weighted by Gasteiger charge is -2.09. The Labute approximate surface area is 84.2 Å². The van der Waals surface area contributed by atoms with Crippen molar-refractivity contribution in [2.75, 3.05) is 6.61 Å². The van der Waals surface area contributed by atoms with Crippen molar-refractivity contribution in [3.8, 4) is 0 Å². The number of rotatable bonds is 4. The molecule has 0 aliphatic rings. The van der Waals surface area contributed by atoms with Crippen LogP contribution >= 0.6 is 0 Å². The molecule has 0 aliphatic heterocycles. The smallest absolute Gasteiger partial charge is 0.102 e. The molecule has 0 radical (unpaired) electrons. The van der Waals surface area contributed by atoms with E-state index in [2.05, 4.69) is 0 Å². The molecule has 14 heavy (non-hydrogen) atoms. The number of benzene rings is 1. The quantitative estimate of drug-likeness (QED) is 0.659. The molecule has 1 aromatic carbocycles. The first kappa shape index (κ1) is 11.2. The third-order valence-corrected chi connectivity index (χ3v) is 2.10. The summed E-state index contributed by atoms with van der Waals surface area (Å²) in [5.74, 6) is 0. The van der Waals surface area contributed by atoms with Crippen LogP contribution in [0, 0.1) is 0 Å². The second-order valence-electron chi connectivity index (χ2n) is 3.62. The van der Waals surface area contributed by atoms with Gasteiger partial charge in [0.25, 0.3) is 0 Å². The van der Waals surface area contributed by atoms with E-state index in [4.69, 9.17) is 10.8 Å². The van der Waals surface area contributed by atoms with Crippen LogP contribution in [0.1, 0.15) is 24.2 Å². The van der Waals surface area contributed by atoms with Crippen molar-refractivity contribution < 1.29 is 10.2 Å². The summed E-state index contributed by atoms with van der Waals surface area (Å²) in [7, 11) is 0. The van der Waals surface area contributed by atoms with E-state index in [1.807, 2.05) is 31.2 Å². The van der Waals surface area contributed by atoms with Crippen molar-refractivity contribution in [1.82, 2.24) is 0 Å². The zero-order chi connectivity index (χ0) is 10.6. The van der Waals surface area contributed by atoms with Gasteiger partial charge in [-0.1, -0.05) is 24.3 Å². The van der Waals surface area contributed by atoms with E-state index >= 15 is 0 Å². The van der Waals surface area contributed by atoms with Crippen molar-refractivity contribution in [2.45, 2.75) is 25.5 Å². The van der Waals surface area contributed by atoms with Crippen LogP contribution in [0.3, 0.4) is 0 Å². The summed E-state index contributed by atoms with van der Waals surface area (Å²) < 4.78 is 0. The SMILES string of the molecule is CC(N)Cc1ccc(C(O)CO)cc1. The Balaban J connectivity index is 2.68. The number of nitrogens with two attached hydrogens (primary N) is 1. The standard InChI is InChI=1S/C11H17NO2/c1-8(12)6-9-2-4-10(5-3-9)11(14)7-13/h2-5,8,11,13-14H,6-7,12H2,1H3. The van der Waals surface area contributed by atoms with Crippen LogP contribution in [0.4, 0.5) is 0 Å². The average Bonchev–Trinajstić information content (AvgIpc) is 2.17. The molecule has 3 heteroatoms. The molecule has 0 amide bonds. The maximum Gasteiger partial charge on any atom is 0.102 e. The monoisotopic (exact) mass is 195 g/mol. The minimum Gasteiger partial charge on any atom is -0.393 e. The van der Waals surface area contributed by atoms with Crippen LogP contribution in [-0.2, 0) is 6.42 Å². The van der Waals surface area contributed by atoms with Crippen molar-refractivity contribution in [1.29, 1.82) is 0 Å².